The smallest absolute Gasteiger partial charge is 0.220 e. The van der Waals surface area contributed by atoms with E-state index in [0.29, 0.717) is 24.9 Å². The van der Waals surface area contributed by atoms with Gasteiger partial charge in [-0.3, -0.25) is 0 Å². The topological polar surface area (TPSA) is 70.3 Å². The SMILES string of the molecule is COc1nc(C(C)N)nc2c1CCOCC2. The Morgan fingerprint density at radius 1 is 1.31 bits per heavy atom. The highest BCUT2D eigenvalue weighted by Gasteiger charge is 2.18. The number of hydrogen-bond donors (Lipinski definition) is 1. The van der Waals surface area contributed by atoms with Gasteiger partial charge in [0.05, 0.1) is 32.1 Å². The van der Waals surface area contributed by atoms with Crippen molar-refractivity contribution >= 4 is 0 Å². The van der Waals surface area contributed by atoms with Crippen molar-refractivity contribution in [2.24, 2.45) is 5.73 Å². The highest BCUT2D eigenvalue weighted by atomic mass is 16.5. The van der Waals surface area contributed by atoms with E-state index in [0.717, 1.165) is 24.1 Å². The van der Waals surface area contributed by atoms with E-state index in [-0.39, 0.29) is 6.04 Å². The van der Waals surface area contributed by atoms with E-state index in [9.17, 15) is 0 Å². The van der Waals surface area contributed by atoms with Gasteiger partial charge in [0.1, 0.15) is 5.82 Å². The molecule has 1 atom stereocenters. The van der Waals surface area contributed by atoms with Crippen molar-refractivity contribution in [3.8, 4) is 5.88 Å². The Kier molecular flexibility index (Phi) is 3.36. The number of fused-ring (bicyclic) bond motifs is 1. The molecule has 5 heteroatoms. The van der Waals surface area contributed by atoms with Gasteiger partial charge in [-0.1, -0.05) is 0 Å². The molecule has 0 spiro atoms. The molecule has 2 N–H and O–H groups in total. The number of hydrogen-bond acceptors (Lipinski definition) is 5. The fraction of sp³-hybridized carbons (Fsp3) is 0.636. The molecule has 16 heavy (non-hydrogen) atoms. The number of aromatic nitrogens is 2. The minimum absolute atomic E-state index is 0.177. The minimum atomic E-state index is -0.177. The Morgan fingerprint density at radius 3 is 2.75 bits per heavy atom. The third-order valence-corrected chi connectivity index (χ3v) is 2.65. The van der Waals surface area contributed by atoms with Gasteiger partial charge >= 0.3 is 0 Å². The number of rotatable bonds is 2. The molecule has 2 rings (SSSR count). The lowest BCUT2D eigenvalue weighted by Gasteiger charge is -2.12. The van der Waals surface area contributed by atoms with Gasteiger partial charge in [-0.15, -0.1) is 0 Å². The van der Waals surface area contributed by atoms with Gasteiger partial charge < -0.3 is 15.2 Å². The Balaban J connectivity index is 2.46. The molecule has 1 aliphatic rings. The van der Waals surface area contributed by atoms with Crippen LogP contribution in [-0.4, -0.2) is 30.3 Å². The van der Waals surface area contributed by atoms with Crippen molar-refractivity contribution in [1.82, 2.24) is 9.97 Å². The summed E-state index contributed by atoms with van der Waals surface area (Å²) in [5, 5.41) is 0. The predicted octanol–water partition coefficient (Wildman–Crippen LogP) is 0.620. The normalized spacial score (nSPS) is 17.4. The summed E-state index contributed by atoms with van der Waals surface area (Å²) in [4.78, 5) is 8.82. The van der Waals surface area contributed by atoms with Crippen LogP contribution < -0.4 is 10.5 Å². The second-order valence-electron chi connectivity index (χ2n) is 3.92. The van der Waals surface area contributed by atoms with Crippen LogP contribution in [-0.2, 0) is 17.6 Å². The van der Waals surface area contributed by atoms with Crippen molar-refractivity contribution in [3.05, 3.63) is 17.1 Å². The van der Waals surface area contributed by atoms with Gasteiger partial charge in [-0.05, 0) is 6.92 Å². The van der Waals surface area contributed by atoms with E-state index in [1.54, 1.807) is 7.11 Å². The molecular formula is C11H17N3O2. The van der Waals surface area contributed by atoms with Gasteiger partial charge in [0.25, 0.3) is 0 Å². The number of nitrogens with two attached hydrogens (primary N) is 1. The summed E-state index contributed by atoms with van der Waals surface area (Å²) in [6.45, 7) is 3.27. The summed E-state index contributed by atoms with van der Waals surface area (Å²) >= 11 is 0. The minimum Gasteiger partial charge on any atom is -0.481 e. The second-order valence-corrected chi connectivity index (χ2v) is 3.92. The van der Waals surface area contributed by atoms with Crippen LogP contribution in [0.5, 0.6) is 5.88 Å². The molecule has 0 bridgehead atoms. The standard InChI is InChI=1S/C11H17N3O2/c1-7(12)10-13-9-4-6-16-5-3-8(9)11(14-10)15-2/h7H,3-6,12H2,1-2H3. The van der Waals surface area contributed by atoms with Crippen LogP contribution in [0.4, 0.5) is 0 Å². The Morgan fingerprint density at radius 2 is 2.06 bits per heavy atom. The zero-order valence-electron chi connectivity index (χ0n) is 9.69. The first-order valence-corrected chi connectivity index (χ1v) is 5.49. The maximum absolute atomic E-state index is 5.80. The van der Waals surface area contributed by atoms with Gasteiger partial charge in [0.2, 0.25) is 5.88 Å². The zero-order valence-corrected chi connectivity index (χ0v) is 9.69. The first-order valence-electron chi connectivity index (χ1n) is 5.49. The maximum atomic E-state index is 5.80. The maximum Gasteiger partial charge on any atom is 0.220 e. The van der Waals surface area contributed by atoms with Crippen LogP contribution in [0.15, 0.2) is 0 Å². The quantitative estimate of drug-likeness (QED) is 0.796. The van der Waals surface area contributed by atoms with Crippen molar-refractivity contribution in [1.29, 1.82) is 0 Å². The third kappa shape index (κ3) is 2.15. The van der Waals surface area contributed by atoms with E-state index >= 15 is 0 Å². The molecule has 0 radical (unpaired) electrons. The lowest BCUT2D eigenvalue weighted by Crippen LogP contribution is -2.14. The van der Waals surface area contributed by atoms with Crippen molar-refractivity contribution in [3.63, 3.8) is 0 Å². The molecule has 0 aromatic carbocycles. The van der Waals surface area contributed by atoms with Crippen LogP contribution in [0, 0.1) is 0 Å². The summed E-state index contributed by atoms with van der Waals surface area (Å²) in [7, 11) is 1.62. The Hall–Kier alpha value is -1.20. The Bertz CT molecular complexity index is 380. The van der Waals surface area contributed by atoms with Crippen LogP contribution in [0.25, 0.3) is 0 Å². The Labute approximate surface area is 95.0 Å². The number of nitrogens with zero attached hydrogens (tertiary/aromatic N) is 2. The average Bonchev–Trinajstić information content (AvgIpc) is 2.52. The highest BCUT2D eigenvalue weighted by molar-refractivity contribution is 5.32. The third-order valence-electron chi connectivity index (χ3n) is 2.65. The highest BCUT2D eigenvalue weighted by Crippen LogP contribution is 2.23. The molecule has 1 aromatic heterocycles. The summed E-state index contributed by atoms with van der Waals surface area (Å²) in [6.07, 6.45) is 1.60. The molecule has 0 amide bonds. The molecule has 0 saturated carbocycles. The van der Waals surface area contributed by atoms with E-state index < -0.39 is 0 Å². The van der Waals surface area contributed by atoms with Crippen LogP contribution in [0.1, 0.15) is 30.0 Å². The summed E-state index contributed by atoms with van der Waals surface area (Å²) in [5.41, 5.74) is 7.87. The summed E-state index contributed by atoms with van der Waals surface area (Å²) in [5.74, 6) is 1.28. The number of methoxy groups -OCH3 is 1. The van der Waals surface area contributed by atoms with E-state index in [1.165, 1.54) is 0 Å². The summed E-state index contributed by atoms with van der Waals surface area (Å²) in [6, 6.07) is -0.177. The first-order chi connectivity index (χ1) is 7.72. The molecule has 0 aliphatic carbocycles. The fourth-order valence-electron chi connectivity index (χ4n) is 1.80. The fourth-order valence-corrected chi connectivity index (χ4v) is 1.80. The molecule has 2 heterocycles. The van der Waals surface area contributed by atoms with Crippen LogP contribution >= 0.6 is 0 Å². The monoisotopic (exact) mass is 223 g/mol. The number of ether oxygens (including phenoxy) is 2. The molecule has 0 fully saturated rings. The second kappa shape index (κ2) is 4.76. The van der Waals surface area contributed by atoms with Crippen LogP contribution in [0.3, 0.4) is 0 Å². The van der Waals surface area contributed by atoms with Gasteiger partial charge in [0, 0.05) is 18.4 Å². The lowest BCUT2D eigenvalue weighted by atomic mass is 10.1. The molecule has 1 aromatic rings. The molecule has 1 aliphatic heterocycles. The van der Waals surface area contributed by atoms with E-state index in [1.807, 2.05) is 6.92 Å². The van der Waals surface area contributed by atoms with Crippen molar-refractivity contribution < 1.29 is 9.47 Å². The molecular weight excluding hydrogens is 206 g/mol. The first kappa shape index (κ1) is 11.3. The molecule has 5 nitrogen and oxygen atoms in total. The largest absolute Gasteiger partial charge is 0.481 e. The molecule has 88 valence electrons. The van der Waals surface area contributed by atoms with Crippen molar-refractivity contribution in [2.45, 2.75) is 25.8 Å². The van der Waals surface area contributed by atoms with E-state index in [2.05, 4.69) is 9.97 Å². The summed E-state index contributed by atoms with van der Waals surface area (Å²) < 4.78 is 10.7. The zero-order chi connectivity index (χ0) is 11.5. The molecule has 1 unspecified atom stereocenters. The van der Waals surface area contributed by atoms with E-state index in [4.69, 9.17) is 15.2 Å². The van der Waals surface area contributed by atoms with Crippen molar-refractivity contribution in [2.75, 3.05) is 20.3 Å². The average molecular weight is 223 g/mol. The van der Waals surface area contributed by atoms with Gasteiger partial charge in [0.15, 0.2) is 0 Å². The predicted molar refractivity (Wildman–Crippen MR) is 59.4 cm³/mol. The van der Waals surface area contributed by atoms with Crippen LogP contribution in [0.2, 0.25) is 0 Å². The van der Waals surface area contributed by atoms with Gasteiger partial charge in [-0.2, -0.15) is 4.98 Å². The van der Waals surface area contributed by atoms with Gasteiger partial charge in [-0.25, -0.2) is 4.98 Å². The lowest BCUT2D eigenvalue weighted by molar-refractivity contribution is 0.146. The molecule has 0 saturated heterocycles.